The number of halogens is 4. The zero-order chi connectivity index (χ0) is 20.7. The first kappa shape index (κ1) is 22.2. The largest absolute Gasteiger partial charge is 0.445 e. The van der Waals surface area contributed by atoms with Gasteiger partial charge in [-0.2, -0.15) is 13.2 Å². The molecule has 0 aliphatic carbocycles. The monoisotopic (exact) mass is 461 g/mol. The van der Waals surface area contributed by atoms with E-state index in [0.717, 1.165) is 23.8 Å². The van der Waals surface area contributed by atoms with E-state index in [4.69, 9.17) is 4.74 Å². The molecule has 2 aromatic rings. The van der Waals surface area contributed by atoms with Crippen LogP contribution in [-0.2, 0) is 17.5 Å². The highest BCUT2D eigenvalue weighted by atomic mass is 79.9. The molecule has 152 valence electrons. The maximum Gasteiger partial charge on any atom is 0.416 e. The summed E-state index contributed by atoms with van der Waals surface area (Å²) >= 11 is 2.98. The molecule has 28 heavy (non-hydrogen) atoms. The van der Waals surface area contributed by atoms with E-state index in [2.05, 4.69) is 21.2 Å². The third-order valence-electron chi connectivity index (χ3n) is 3.93. The Hall–Kier alpha value is -2.10. The van der Waals surface area contributed by atoms with E-state index in [0.29, 0.717) is 0 Å². The summed E-state index contributed by atoms with van der Waals surface area (Å²) in [4.78, 5) is 11.6. The normalized spacial score (nSPS) is 13.6. The van der Waals surface area contributed by atoms with Crippen LogP contribution in [0, 0.1) is 0 Å². The summed E-state index contributed by atoms with van der Waals surface area (Å²) in [6.07, 6.45) is -7.91. The first-order chi connectivity index (χ1) is 13.2. The molecule has 0 spiro atoms. The standard InChI is InChI=1S/C19H19BrF3NO4/c20-15-10-13(19(21,22)23)6-7-14(15)17(26)16(25)8-9-24-18(27)28-11-12-4-2-1-3-5-12/h1-7,10,16-17,25-26H,8-9,11H2,(H,24,27). The topological polar surface area (TPSA) is 78.8 Å². The number of hydrogen-bond acceptors (Lipinski definition) is 4. The molecule has 0 fully saturated rings. The summed E-state index contributed by atoms with van der Waals surface area (Å²) in [6.45, 7) is 0.112. The maximum atomic E-state index is 12.7. The van der Waals surface area contributed by atoms with Gasteiger partial charge in [-0.1, -0.05) is 52.3 Å². The van der Waals surface area contributed by atoms with Gasteiger partial charge in [0.1, 0.15) is 12.7 Å². The van der Waals surface area contributed by atoms with Gasteiger partial charge in [0.2, 0.25) is 0 Å². The Morgan fingerprint density at radius 3 is 2.43 bits per heavy atom. The van der Waals surface area contributed by atoms with Crippen molar-refractivity contribution in [2.24, 2.45) is 0 Å². The average molecular weight is 462 g/mol. The number of rotatable bonds is 7. The van der Waals surface area contributed by atoms with Gasteiger partial charge in [0, 0.05) is 11.0 Å². The molecule has 0 bridgehead atoms. The van der Waals surface area contributed by atoms with Crippen LogP contribution in [0.4, 0.5) is 18.0 Å². The molecule has 0 heterocycles. The van der Waals surface area contributed by atoms with Crippen LogP contribution >= 0.6 is 15.9 Å². The van der Waals surface area contributed by atoms with Crippen molar-refractivity contribution in [1.82, 2.24) is 5.32 Å². The van der Waals surface area contributed by atoms with Crippen molar-refractivity contribution in [3.63, 3.8) is 0 Å². The lowest BCUT2D eigenvalue weighted by molar-refractivity contribution is -0.137. The first-order valence-corrected chi connectivity index (χ1v) is 9.15. The number of alkyl carbamates (subject to hydrolysis) is 1. The van der Waals surface area contributed by atoms with Gasteiger partial charge in [-0.05, 0) is 29.7 Å². The number of aliphatic hydroxyl groups excluding tert-OH is 2. The van der Waals surface area contributed by atoms with Crippen molar-refractivity contribution in [2.75, 3.05) is 6.54 Å². The molecule has 0 saturated carbocycles. The second-order valence-corrected chi connectivity index (χ2v) is 6.88. The Labute approximate surface area is 168 Å². The number of hydrogen-bond donors (Lipinski definition) is 3. The van der Waals surface area contributed by atoms with E-state index in [-0.39, 0.29) is 29.6 Å². The van der Waals surface area contributed by atoms with Crippen molar-refractivity contribution in [3.8, 4) is 0 Å². The minimum absolute atomic E-state index is 0.0180. The summed E-state index contributed by atoms with van der Waals surface area (Å²) in [5.41, 5.74) is 0.0695. The van der Waals surface area contributed by atoms with Gasteiger partial charge in [0.05, 0.1) is 11.7 Å². The predicted molar refractivity (Wildman–Crippen MR) is 99.4 cm³/mol. The Balaban J connectivity index is 1.80. The number of nitrogens with one attached hydrogen (secondary N) is 1. The lowest BCUT2D eigenvalue weighted by atomic mass is 10.0. The van der Waals surface area contributed by atoms with Crippen LogP contribution in [0.5, 0.6) is 0 Å². The first-order valence-electron chi connectivity index (χ1n) is 8.36. The molecule has 2 atom stereocenters. The highest BCUT2D eigenvalue weighted by Crippen LogP contribution is 2.34. The molecule has 0 aliphatic heterocycles. The van der Waals surface area contributed by atoms with Gasteiger partial charge in [0.15, 0.2) is 0 Å². The van der Waals surface area contributed by atoms with Crippen LogP contribution in [0.3, 0.4) is 0 Å². The van der Waals surface area contributed by atoms with Gasteiger partial charge in [0.25, 0.3) is 0 Å². The van der Waals surface area contributed by atoms with Gasteiger partial charge >= 0.3 is 12.3 Å². The molecule has 0 radical (unpaired) electrons. The SMILES string of the molecule is O=C(NCCC(O)C(O)c1ccc(C(F)(F)F)cc1Br)OCc1ccccc1. The van der Waals surface area contributed by atoms with E-state index in [1.54, 1.807) is 12.1 Å². The second-order valence-electron chi connectivity index (χ2n) is 6.02. The molecule has 0 aromatic heterocycles. The van der Waals surface area contributed by atoms with Crippen molar-refractivity contribution in [1.29, 1.82) is 0 Å². The number of benzene rings is 2. The number of carbonyl (C=O) groups is 1. The van der Waals surface area contributed by atoms with E-state index in [9.17, 15) is 28.2 Å². The zero-order valence-electron chi connectivity index (χ0n) is 14.6. The molecule has 0 aliphatic rings. The highest BCUT2D eigenvalue weighted by Gasteiger charge is 2.31. The van der Waals surface area contributed by atoms with Crippen LogP contribution < -0.4 is 5.32 Å². The Morgan fingerprint density at radius 2 is 1.82 bits per heavy atom. The quantitative estimate of drug-likeness (QED) is 0.577. The predicted octanol–water partition coefficient (Wildman–Crippen LogP) is 4.18. The fraction of sp³-hybridized carbons (Fsp3) is 0.316. The van der Waals surface area contributed by atoms with Crippen molar-refractivity contribution < 1.29 is 32.9 Å². The van der Waals surface area contributed by atoms with Crippen molar-refractivity contribution >= 4 is 22.0 Å². The summed E-state index contributed by atoms with van der Waals surface area (Å²) < 4.78 is 43.1. The van der Waals surface area contributed by atoms with Gasteiger partial charge in [-0.3, -0.25) is 0 Å². The van der Waals surface area contributed by atoms with E-state index in [1.165, 1.54) is 0 Å². The minimum Gasteiger partial charge on any atom is -0.445 e. The molecule has 2 rings (SSSR count). The van der Waals surface area contributed by atoms with Crippen LogP contribution in [0.25, 0.3) is 0 Å². The number of ether oxygens (including phenoxy) is 1. The second kappa shape index (κ2) is 9.90. The van der Waals surface area contributed by atoms with Crippen molar-refractivity contribution in [3.05, 3.63) is 69.7 Å². The van der Waals surface area contributed by atoms with Crippen LogP contribution in [0.15, 0.2) is 53.0 Å². The summed E-state index contributed by atoms with van der Waals surface area (Å²) in [5.74, 6) is 0. The van der Waals surface area contributed by atoms with Crippen LogP contribution in [0.1, 0.15) is 29.2 Å². The van der Waals surface area contributed by atoms with Crippen LogP contribution in [0.2, 0.25) is 0 Å². The van der Waals surface area contributed by atoms with E-state index in [1.807, 2.05) is 18.2 Å². The van der Waals surface area contributed by atoms with Crippen molar-refractivity contribution in [2.45, 2.75) is 31.4 Å². The molecular formula is C19H19BrF3NO4. The molecule has 5 nitrogen and oxygen atoms in total. The fourth-order valence-corrected chi connectivity index (χ4v) is 3.02. The zero-order valence-corrected chi connectivity index (χ0v) is 16.2. The molecule has 0 saturated heterocycles. The highest BCUT2D eigenvalue weighted by molar-refractivity contribution is 9.10. The third kappa shape index (κ3) is 6.50. The average Bonchev–Trinajstić information content (AvgIpc) is 2.65. The van der Waals surface area contributed by atoms with Gasteiger partial charge < -0.3 is 20.3 Å². The molecule has 9 heteroatoms. The minimum atomic E-state index is -4.51. The molecule has 2 unspecified atom stereocenters. The smallest absolute Gasteiger partial charge is 0.416 e. The van der Waals surface area contributed by atoms with E-state index >= 15 is 0 Å². The lowest BCUT2D eigenvalue weighted by Gasteiger charge is -2.20. The summed E-state index contributed by atoms with van der Waals surface area (Å²) in [6, 6.07) is 11.8. The summed E-state index contributed by atoms with van der Waals surface area (Å²) in [7, 11) is 0. The van der Waals surface area contributed by atoms with Crippen LogP contribution in [-0.4, -0.2) is 29.0 Å². The fourth-order valence-electron chi connectivity index (χ4n) is 2.40. The molecule has 1 amide bonds. The molecular weight excluding hydrogens is 443 g/mol. The number of carbonyl (C=O) groups excluding carboxylic acids is 1. The summed E-state index contributed by atoms with van der Waals surface area (Å²) in [5, 5.41) is 22.7. The Kier molecular flexibility index (Phi) is 7.85. The molecule has 3 N–H and O–H groups in total. The Bertz CT molecular complexity index is 786. The molecule has 2 aromatic carbocycles. The maximum absolute atomic E-state index is 12.7. The van der Waals surface area contributed by atoms with E-state index < -0.39 is 30.0 Å². The number of aliphatic hydroxyl groups is 2. The Morgan fingerprint density at radius 1 is 1.14 bits per heavy atom. The number of alkyl halides is 3. The lowest BCUT2D eigenvalue weighted by Crippen LogP contribution is -2.30. The van der Waals surface area contributed by atoms with Gasteiger partial charge in [-0.15, -0.1) is 0 Å². The third-order valence-corrected chi connectivity index (χ3v) is 4.62. The van der Waals surface area contributed by atoms with Gasteiger partial charge in [-0.25, -0.2) is 4.79 Å². The number of amides is 1.